The molecule has 0 unspecified atom stereocenters. The standard InChI is InChI=1S/C11H9FO4/c1-6(13)15-10-4-7-2-3-11(14)16-9(7)5-8(10)12/h4-5H,2-3H2,1H3. The van der Waals surface area contributed by atoms with Gasteiger partial charge in [0, 0.05) is 13.0 Å². The fourth-order valence-corrected chi connectivity index (χ4v) is 1.51. The van der Waals surface area contributed by atoms with Crippen molar-refractivity contribution in [1.29, 1.82) is 0 Å². The zero-order valence-electron chi connectivity index (χ0n) is 8.58. The monoisotopic (exact) mass is 224 g/mol. The van der Waals surface area contributed by atoms with Gasteiger partial charge in [-0.15, -0.1) is 0 Å². The van der Waals surface area contributed by atoms with Crippen molar-refractivity contribution in [3.63, 3.8) is 0 Å². The number of hydrogen-bond donors (Lipinski definition) is 0. The van der Waals surface area contributed by atoms with Gasteiger partial charge in [-0.25, -0.2) is 4.39 Å². The number of rotatable bonds is 1. The number of benzene rings is 1. The fraction of sp³-hybridized carbons (Fsp3) is 0.273. The Kier molecular flexibility index (Phi) is 2.60. The highest BCUT2D eigenvalue weighted by Crippen LogP contribution is 2.31. The van der Waals surface area contributed by atoms with Crippen molar-refractivity contribution in [3.8, 4) is 11.5 Å². The van der Waals surface area contributed by atoms with Crippen molar-refractivity contribution in [2.75, 3.05) is 0 Å². The quantitative estimate of drug-likeness (QED) is 0.537. The van der Waals surface area contributed by atoms with Crippen molar-refractivity contribution in [1.82, 2.24) is 0 Å². The van der Waals surface area contributed by atoms with E-state index in [-0.39, 0.29) is 23.9 Å². The smallest absolute Gasteiger partial charge is 0.311 e. The third-order valence-corrected chi connectivity index (χ3v) is 2.19. The van der Waals surface area contributed by atoms with E-state index in [9.17, 15) is 14.0 Å². The predicted molar refractivity (Wildman–Crippen MR) is 51.7 cm³/mol. The predicted octanol–water partition coefficient (Wildman–Crippen LogP) is 1.60. The number of fused-ring (bicyclic) bond motifs is 1. The van der Waals surface area contributed by atoms with E-state index in [2.05, 4.69) is 4.74 Å². The molecule has 16 heavy (non-hydrogen) atoms. The molecule has 0 fully saturated rings. The van der Waals surface area contributed by atoms with Gasteiger partial charge in [0.25, 0.3) is 0 Å². The maximum atomic E-state index is 13.4. The van der Waals surface area contributed by atoms with E-state index >= 15 is 0 Å². The normalized spacial score (nSPS) is 14.0. The lowest BCUT2D eigenvalue weighted by Crippen LogP contribution is -2.16. The lowest BCUT2D eigenvalue weighted by Gasteiger charge is -2.16. The topological polar surface area (TPSA) is 52.6 Å². The largest absolute Gasteiger partial charge is 0.426 e. The van der Waals surface area contributed by atoms with Gasteiger partial charge in [-0.3, -0.25) is 9.59 Å². The van der Waals surface area contributed by atoms with Gasteiger partial charge in [-0.05, 0) is 18.1 Å². The molecule has 0 aliphatic carbocycles. The second kappa shape index (κ2) is 3.92. The highest BCUT2D eigenvalue weighted by atomic mass is 19.1. The van der Waals surface area contributed by atoms with Crippen molar-refractivity contribution >= 4 is 11.9 Å². The molecule has 1 aromatic carbocycles. The minimum atomic E-state index is -0.719. The molecular weight excluding hydrogens is 215 g/mol. The fourth-order valence-electron chi connectivity index (χ4n) is 1.51. The van der Waals surface area contributed by atoms with Crippen LogP contribution in [-0.4, -0.2) is 11.9 Å². The molecule has 2 rings (SSSR count). The lowest BCUT2D eigenvalue weighted by atomic mass is 10.1. The van der Waals surface area contributed by atoms with Crippen LogP contribution in [0.4, 0.5) is 4.39 Å². The first-order valence-corrected chi connectivity index (χ1v) is 4.78. The molecule has 0 N–H and O–H groups in total. The summed E-state index contributed by atoms with van der Waals surface area (Å²) in [6.07, 6.45) is 0.709. The van der Waals surface area contributed by atoms with Crippen LogP contribution in [0.1, 0.15) is 18.9 Å². The molecule has 1 aliphatic heterocycles. The Hall–Kier alpha value is -1.91. The van der Waals surface area contributed by atoms with Crippen LogP contribution < -0.4 is 9.47 Å². The summed E-state index contributed by atoms with van der Waals surface area (Å²) >= 11 is 0. The molecule has 1 aromatic rings. The third-order valence-electron chi connectivity index (χ3n) is 2.19. The van der Waals surface area contributed by atoms with Crippen LogP contribution in [-0.2, 0) is 16.0 Å². The first-order valence-electron chi connectivity index (χ1n) is 4.78. The van der Waals surface area contributed by atoms with Gasteiger partial charge in [0.1, 0.15) is 5.75 Å². The highest BCUT2D eigenvalue weighted by Gasteiger charge is 2.20. The zero-order valence-corrected chi connectivity index (χ0v) is 8.58. The van der Waals surface area contributed by atoms with Gasteiger partial charge in [0.15, 0.2) is 11.6 Å². The summed E-state index contributed by atoms with van der Waals surface area (Å²) in [7, 11) is 0. The van der Waals surface area contributed by atoms with Gasteiger partial charge >= 0.3 is 11.9 Å². The second-order valence-corrected chi connectivity index (χ2v) is 3.46. The lowest BCUT2D eigenvalue weighted by molar-refractivity contribution is -0.135. The minimum Gasteiger partial charge on any atom is -0.426 e. The van der Waals surface area contributed by atoms with Crippen molar-refractivity contribution in [2.24, 2.45) is 0 Å². The third kappa shape index (κ3) is 2.03. The van der Waals surface area contributed by atoms with E-state index in [0.29, 0.717) is 12.0 Å². The Morgan fingerprint density at radius 3 is 2.88 bits per heavy atom. The Morgan fingerprint density at radius 2 is 2.19 bits per heavy atom. The van der Waals surface area contributed by atoms with Crippen LogP contribution >= 0.6 is 0 Å². The maximum Gasteiger partial charge on any atom is 0.311 e. The molecular formula is C11H9FO4. The number of halogens is 1. The van der Waals surface area contributed by atoms with E-state index in [1.54, 1.807) is 0 Å². The summed E-state index contributed by atoms with van der Waals surface area (Å²) < 4.78 is 22.9. The van der Waals surface area contributed by atoms with E-state index < -0.39 is 11.8 Å². The molecule has 0 aromatic heterocycles. The highest BCUT2D eigenvalue weighted by molar-refractivity contribution is 5.76. The number of hydrogen-bond acceptors (Lipinski definition) is 4. The van der Waals surface area contributed by atoms with Gasteiger partial charge in [0.2, 0.25) is 0 Å². The SMILES string of the molecule is CC(=O)Oc1cc2c(cc1F)OC(=O)CC2. The molecule has 0 radical (unpaired) electrons. The maximum absolute atomic E-state index is 13.4. The van der Waals surface area contributed by atoms with Crippen molar-refractivity contribution in [2.45, 2.75) is 19.8 Å². The Labute approximate surface area is 91.0 Å². The first-order chi connectivity index (χ1) is 7.56. The molecule has 0 bridgehead atoms. The van der Waals surface area contributed by atoms with Crippen LogP contribution in [0, 0.1) is 5.82 Å². The van der Waals surface area contributed by atoms with Gasteiger partial charge in [-0.2, -0.15) is 0 Å². The molecule has 84 valence electrons. The van der Waals surface area contributed by atoms with Crippen LogP contribution in [0.15, 0.2) is 12.1 Å². The number of carbonyl (C=O) groups excluding carboxylic acids is 2. The molecule has 4 nitrogen and oxygen atoms in total. The summed E-state index contributed by atoms with van der Waals surface area (Å²) in [5.41, 5.74) is 0.664. The Morgan fingerprint density at radius 1 is 1.44 bits per heavy atom. The molecule has 1 heterocycles. The minimum absolute atomic E-state index is 0.135. The van der Waals surface area contributed by atoms with Crippen LogP contribution in [0.25, 0.3) is 0 Å². The molecule has 0 atom stereocenters. The summed E-state index contributed by atoms with van der Waals surface area (Å²) in [6, 6.07) is 2.45. The van der Waals surface area contributed by atoms with Gasteiger partial charge in [0.05, 0.1) is 6.42 Å². The molecule has 0 saturated carbocycles. The number of aryl methyl sites for hydroxylation is 1. The van der Waals surface area contributed by atoms with Crippen LogP contribution in [0.5, 0.6) is 11.5 Å². The van der Waals surface area contributed by atoms with E-state index in [0.717, 1.165) is 6.07 Å². The summed E-state index contributed by atoms with van der Waals surface area (Å²) in [5, 5.41) is 0. The van der Waals surface area contributed by atoms with E-state index in [1.165, 1.54) is 13.0 Å². The number of ether oxygens (including phenoxy) is 2. The average Bonchev–Trinajstić information content (AvgIpc) is 2.19. The average molecular weight is 224 g/mol. The van der Waals surface area contributed by atoms with Crippen molar-refractivity contribution < 1.29 is 23.5 Å². The molecule has 0 spiro atoms. The molecule has 1 aliphatic rings. The van der Waals surface area contributed by atoms with Gasteiger partial charge in [-0.1, -0.05) is 0 Å². The molecule has 5 heteroatoms. The second-order valence-electron chi connectivity index (χ2n) is 3.46. The van der Waals surface area contributed by atoms with Crippen LogP contribution in [0.3, 0.4) is 0 Å². The number of esters is 2. The Bertz CT molecular complexity index is 467. The molecule has 0 amide bonds. The van der Waals surface area contributed by atoms with Gasteiger partial charge < -0.3 is 9.47 Å². The van der Waals surface area contributed by atoms with Crippen molar-refractivity contribution in [3.05, 3.63) is 23.5 Å². The van der Waals surface area contributed by atoms with E-state index in [1.807, 2.05) is 0 Å². The summed E-state index contributed by atoms with van der Waals surface area (Å²) in [4.78, 5) is 21.7. The zero-order chi connectivity index (χ0) is 11.7. The van der Waals surface area contributed by atoms with E-state index in [4.69, 9.17) is 4.74 Å². The summed E-state index contributed by atoms with van der Waals surface area (Å²) in [5.74, 6) is -1.63. The van der Waals surface area contributed by atoms with Crippen LogP contribution in [0.2, 0.25) is 0 Å². The first kappa shape index (κ1) is 10.6. The molecule has 0 saturated heterocycles. The summed E-state index contributed by atoms with van der Waals surface area (Å²) in [6.45, 7) is 1.19. The number of carbonyl (C=O) groups is 2. The Balaban J connectivity index is 2.37.